The third-order valence-electron chi connectivity index (χ3n) is 12.7. The Bertz CT molecular complexity index is 1220. The molecule has 2 aliphatic heterocycles. The van der Waals surface area contributed by atoms with Gasteiger partial charge in [0.1, 0.15) is 18.1 Å². The molecule has 0 spiro atoms. The normalized spacial score (nSPS) is 40.8. The highest BCUT2D eigenvalue weighted by atomic mass is 16.6. The zero-order valence-electron chi connectivity index (χ0n) is 31.1. The third kappa shape index (κ3) is 8.61. The van der Waals surface area contributed by atoms with Crippen molar-refractivity contribution in [3.63, 3.8) is 0 Å². The fraction of sp³-hybridized carbons (Fsp3) is 0.850. The lowest BCUT2D eigenvalue weighted by Gasteiger charge is -2.41. The number of nitrogens with one attached hydrogen (secondary N) is 2. The van der Waals surface area contributed by atoms with E-state index in [0.29, 0.717) is 18.3 Å². The molecular weight excluding hydrogens is 620 g/mol. The minimum Gasteiger partial charge on any atom is -0.467 e. The minimum absolute atomic E-state index is 0.00126. The Balaban J connectivity index is 1.25. The smallest absolute Gasteiger partial charge is 0.199 e. The first kappa shape index (κ1) is 37.3. The van der Waals surface area contributed by atoms with Crippen LogP contribution in [0, 0.1) is 40.9 Å². The Morgan fingerprint density at radius 3 is 1.98 bits per heavy atom. The van der Waals surface area contributed by atoms with Crippen LogP contribution >= 0.6 is 0 Å². The predicted molar refractivity (Wildman–Crippen MR) is 190 cm³/mol. The van der Waals surface area contributed by atoms with Gasteiger partial charge in [-0.1, -0.05) is 45.4 Å². The summed E-state index contributed by atoms with van der Waals surface area (Å²) in [5.74, 6) is 2.27. The number of aliphatic hydroxyl groups is 4. The van der Waals surface area contributed by atoms with Gasteiger partial charge >= 0.3 is 0 Å². The quantitative estimate of drug-likeness (QED) is 0.128. The maximum Gasteiger partial charge on any atom is 0.199 e. The third-order valence-corrected chi connectivity index (χ3v) is 12.7. The summed E-state index contributed by atoms with van der Waals surface area (Å²) in [5.41, 5.74) is 3.51. The number of rotatable bonds is 10. The van der Waals surface area contributed by atoms with Crippen molar-refractivity contribution >= 4 is 0 Å². The van der Waals surface area contributed by atoms with E-state index in [1.807, 2.05) is 13.8 Å². The zero-order chi connectivity index (χ0) is 35.2. The molecule has 278 valence electrons. The largest absolute Gasteiger partial charge is 0.467 e. The maximum atomic E-state index is 11.6. The number of allylic oxidation sites excluding steroid dienone is 1. The van der Waals surface area contributed by atoms with E-state index in [1.165, 1.54) is 5.57 Å². The second-order valence-corrected chi connectivity index (χ2v) is 18.0. The number of ether oxygens (including phenoxy) is 3. The molecule has 2 heterocycles. The van der Waals surface area contributed by atoms with Crippen LogP contribution in [-0.4, -0.2) is 75.7 Å². The fourth-order valence-corrected chi connectivity index (χ4v) is 9.83. The van der Waals surface area contributed by atoms with Crippen molar-refractivity contribution in [3.8, 4) is 0 Å². The molecule has 11 unspecified atom stereocenters. The van der Waals surface area contributed by atoms with Crippen molar-refractivity contribution in [2.24, 2.45) is 40.9 Å². The molecule has 9 nitrogen and oxygen atoms in total. The molecule has 2 saturated carbocycles. The second-order valence-electron chi connectivity index (χ2n) is 18.0. The maximum absolute atomic E-state index is 11.6. The molecule has 11 atom stereocenters. The van der Waals surface area contributed by atoms with Gasteiger partial charge in [-0.15, -0.1) is 0 Å². The summed E-state index contributed by atoms with van der Waals surface area (Å²) >= 11 is 0. The molecule has 0 aromatic rings. The first-order valence-corrected chi connectivity index (χ1v) is 19.5. The monoisotopic (exact) mass is 686 g/mol. The topological polar surface area (TPSA) is 133 Å². The summed E-state index contributed by atoms with van der Waals surface area (Å²) in [6.07, 6.45) is 10.2. The molecule has 49 heavy (non-hydrogen) atoms. The van der Waals surface area contributed by atoms with Crippen molar-refractivity contribution in [1.29, 1.82) is 0 Å². The van der Waals surface area contributed by atoms with E-state index in [-0.39, 0.29) is 59.5 Å². The standard InChI is InChI=1S/C40H66N2O7/c1-21-16-22(2)30-19-32(41-31(30)17-21)37-42-34-35(49-39(46)28-14-10-26(11-15-28)24(4)44)29(20-40(5,6)7)18-33(36(34)48-37)47-38(45)27-12-8-25(9-13-27)23(3)43/h17,19,22-28,30-31,33-34,36-39,41-46H,8-16,18,20H2,1-7H3. The Morgan fingerprint density at radius 2 is 1.41 bits per heavy atom. The van der Waals surface area contributed by atoms with Gasteiger partial charge in [-0.25, -0.2) is 0 Å². The fourth-order valence-electron chi connectivity index (χ4n) is 9.83. The van der Waals surface area contributed by atoms with Crippen LogP contribution < -0.4 is 10.6 Å². The average molecular weight is 687 g/mol. The van der Waals surface area contributed by atoms with E-state index < -0.39 is 24.9 Å². The summed E-state index contributed by atoms with van der Waals surface area (Å²) in [6, 6.07) is -0.0959. The molecule has 0 bridgehead atoms. The van der Waals surface area contributed by atoms with E-state index >= 15 is 0 Å². The Labute approximate surface area is 294 Å². The van der Waals surface area contributed by atoms with Crippen LogP contribution in [0.1, 0.15) is 119 Å². The van der Waals surface area contributed by atoms with Crippen LogP contribution in [0.3, 0.4) is 0 Å². The number of hydrogen-bond donors (Lipinski definition) is 6. The molecule has 6 N–H and O–H groups in total. The highest BCUT2D eigenvalue weighted by molar-refractivity contribution is 5.31. The van der Waals surface area contributed by atoms with Gasteiger partial charge in [-0.2, -0.15) is 0 Å². The van der Waals surface area contributed by atoms with Gasteiger partial charge in [0.15, 0.2) is 12.6 Å². The molecular formula is C40H66N2O7. The van der Waals surface area contributed by atoms with Crippen LogP contribution in [0.4, 0.5) is 0 Å². The molecule has 0 radical (unpaired) electrons. The summed E-state index contributed by atoms with van der Waals surface area (Å²) < 4.78 is 20.2. The predicted octanol–water partition coefficient (Wildman–Crippen LogP) is 5.63. The first-order chi connectivity index (χ1) is 23.2. The van der Waals surface area contributed by atoms with Gasteiger partial charge in [0.2, 0.25) is 0 Å². The molecule has 4 aliphatic carbocycles. The van der Waals surface area contributed by atoms with E-state index in [9.17, 15) is 20.4 Å². The summed E-state index contributed by atoms with van der Waals surface area (Å²) in [6.45, 7) is 14.9. The molecule has 6 aliphatic rings. The van der Waals surface area contributed by atoms with Crippen molar-refractivity contribution in [3.05, 3.63) is 34.8 Å². The van der Waals surface area contributed by atoms with E-state index in [0.717, 1.165) is 81.2 Å². The van der Waals surface area contributed by atoms with Crippen LogP contribution in [0.15, 0.2) is 34.8 Å². The Kier molecular flexibility index (Phi) is 11.6. The van der Waals surface area contributed by atoms with Gasteiger partial charge in [-0.05, 0) is 114 Å². The van der Waals surface area contributed by atoms with Crippen molar-refractivity contribution < 1.29 is 34.6 Å². The number of aliphatic hydroxyl groups excluding tert-OH is 4. The van der Waals surface area contributed by atoms with E-state index in [4.69, 9.17) is 14.2 Å². The second kappa shape index (κ2) is 15.3. The summed E-state index contributed by atoms with van der Waals surface area (Å²) in [4.78, 5) is 0. The van der Waals surface area contributed by atoms with Gasteiger partial charge in [0.05, 0.1) is 36.1 Å². The number of hydrogen-bond acceptors (Lipinski definition) is 9. The summed E-state index contributed by atoms with van der Waals surface area (Å²) in [5, 5.41) is 50.9. The van der Waals surface area contributed by atoms with Gasteiger partial charge < -0.3 is 40.0 Å². The number of fused-ring (bicyclic) bond motifs is 2. The summed E-state index contributed by atoms with van der Waals surface area (Å²) in [7, 11) is 0. The molecule has 0 amide bonds. The van der Waals surface area contributed by atoms with Crippen molar-refractivity contribution in [2.45, 2.75) is 174 Å². The van der Waals surface area contributed by atoms with Crippen molar-refractivity contribution in [1.82, 2.24) is 10.6 Å². The lowest BCUT2D eigenvalue weighted by atomic mass is 9.78. The highest BCUT2D eigenvalue weighted by Gasteiger charge is 2.51. The Hall–Kier alpha value is -1.46. The van der Waals surface area contributed by atoms with Gasteiger partial charge in [0.25, 0.3) is 0 Å². The molecule has 6 rings (SSSR count). The van der Waals surface area contributed by atoms with E-state index in [1.54, 1.807) is 0 Å². The lowest BCUT2D eigenvalue weighted by molar-refractivity contribution is -0.204. The molecule has 3 fully saturated rings. The van der Waals surface area contributed by atoms with Crippen LogP contribution in [0.2, 0.25) is 0 Å². The molecule has 1 saturated heterocycles. The zero-order valence-corrected chi connectivity index (χ0v) is 31.1. The average Bonchev–Trinajstić information content (AvgIpc) is 3.67. The van der Waals surface area contributed by atoms with Gasteiger partial charge in [0, 0.05) is 24.2 Å². The first-order valence-electron chi connectivity index (χ1n) is 19.5. The highest BCUT2D eigenvalue weighted by Crippen LogP contribution is 2.44. The van der Waals surface area contributed by atoms with Gasteiger partial charge in [-0.3, -0.25) is 5.32 Å². The Morgan fingerprint density at radius 1 is 0.837 bits per heavy atom. The van der Waals surface area contributed by atoms with Crippen molar-refractivity contribution in [2.75, 3.05) is 0 Å². The minimum atomic E-state index is -0.950. The molecule has 9 heteroatoms. The lowest BCUT2D eigenvalue weighted by Crippen LogP contribution is -2.50. The SMILES string of the molecule is CC1=CC2NC(C3NC4C(OC(O)C5CCC(C(C)O)CC5)=C(CC(C)(C)C)CC(OC(O)C5CCC(C(C)O)CC5)C4O3)=CC2C(C)C1. The molecule has 0 aromatic heterocycles. The van der Waals surface area contributed by atoms with E-state index in [2.05, 4.69) is 57.4 Å². The van der Waals surface area contributed by atoms with Crippen LogP contribution in [0.5, 0.6) is 0 Å². The molecule has 0 aromatic carbocycles. The van der Waals surface area contributed by atoms with Crippen LogP contribution in [0.25, 0.3) is 0 Å². The van der Waals surface area contributed by atoms with Crippen LogP contribution in [-0.2, 0) is 14.2 Å².